The third kappa shape index (κ3) is 7.60. The molecule has 3 N–H and O–H groups in total. The van der Waals surface area contributed by atoms with Crippen LogP contribution < -0.4 is 15.8 Å². The van der Waals surface area contributed by atoms with Gasteiger partial charge in [-0.05, 0) is 44.4 Å². The van der Waals surface area contributed by atoms with E-state index in [0.717, 1.165) is 18.4 Å². The number of amides is 1. The van der Waals surface area contributed by atoms with E-state index in [-0.39, 0.29) is 23.7 Å². The van der Waals surface area contributed by atoms with E-state index in [0.29, 0.717) is 6.42 Å². The van der Waals surface area contributed by atoms with Gasteiger partial charge in [-0.15, -0.1) is 0 Å². The van der Waals surface area contributed by atoms with Crippen molar-refractivity contribution >= 4 is 5.91 Å². The summed E-state index contributed by atoms with van der Waals surface area (Å²) in [5.74, 6) is -0.160. The Kier molecular flexibility index (Phi) is 7.08. The zero-order chi connectivity index (χ0) is 15.8. The van der Waals surface area contributed by atoms with E-state index < -0.39 is 6.61 Å². The third-order valence-corrected chi connectivity index (χ3v) is 3.09. The van der Waals surface area contributed by atoms with Crippen LogP contribution in [0.25, 0.3) is 0 Å². The van der Waals surface area contributed by atoms with Crippen molar-refractivity contribution in [3.8, 4) is 5.75 Å². The predicted octanol–water partition coefficient (Wildman–Crippen LogP) is 2.46. The van der Waals surface area contributed by atoms with Gasteiger partial charge in [-0.2, -0.15) is 8.78 Å². The Bertz CT molecular complexity index is 438. The molecule has 2 atom stereocenters. The van der Waals surface area contributed by atoms with Crippen LogP contribution in [0.1, 0.15) is 32.3 Å². The molecular weight excluding hydrogens is 278 g/mol. The lowest BCUT2D eigenvalue weighted by Gasteiger charge is -2.19. The number of rotatable bonds is 9. The van der Waals surface area contributed by atoms with Crippen molar-refractivity contribution < 1.29 is 18.3 Å². The molecule has 118 valence electrons. The van der Waals surface area contributed by atoms with Crippen LogP contribution in [0.5, 0.6) is 5.75 Å². The lowest BCUT2D eigenvalue weighted by molar-refractivity contribution is -0.118. The highest BCUT2D eigenvalue weighted by Crippen LogP contribution is 2.16. The van der Waals surface area contributed by atoms with E-state index in [1.165, 1.54) is 12.1 Å². The average Bonchev–Trinajstić information content (AvgIpc) is 2.36. The summed E-state index contributed by atoms with van der Waals surface area (Å²) >= 11 is 0. The van der Waals surface area contributed by atoms with Crippen molar-refractivity contribution in [3.63, 3.8) is 0 Å². The largest absolute Gasteiger partial charge is 0.435 e. The molecule has 1 aromatic rings. The number of carbonyl (C=O) groups excluding carboxylic acids is 1. The number of aryl methyl sites for hydroxylation is 1. The van der Waals surface area contributed by atoms with E-state index >= 15 is 0 Å². The Morgan fingerprint density at radius 2 is 1.86 bits per heavy atom. The van der Waals surface area contributed by atoms with Crippen LogP contribution in [0.3, 0.4) is 0 Å². The van der Waals surface area contributed by atoms with Crippen molar-refractivity contribution in [2.24, 2.45) is 5.73 Å². The number of nitrogens with one attached hydrogen (secondary N) is 1. The number of benzene rings is 1. The lowest BCUT2D eigenvalue weighted by atomic mass is 10.0. The first-order valence-electron chi connectivity index (χ1n) is 6.95. The van der Waals surface area contributed by atoms with Gasteiger partial charge in [0.2, 0.25) is 5.91 Å². The van der Waals surface area contributed by atoms with Gasteiger partial charge in [-0.1, -0.05) is 12.1 Å². The van der Waals surface area contributed by atoms with Crippen LogP contribution in [0.4, 0.5) is 8.78 Å². The number of alkyl halides is 2. The van der Waals surface area contributed by atoms with Gasteiger partial charge >= 0.3 is 6.61 Å². The molecule has 2 unspecified atom stereocenters. The van der Waals surface area contributed by atoms with Crippen LogP contribution in [0, 0.1) is 0 Å². The number of hydrogen-bond donors (Lipinski definition) is 2. The van der Waals surface area contributed by atoms with Gasteiger partial charge in [0.05, 0.1) is 0 Å². The first-order valence-corrected chi connectivity index (χ1v) is 6.95. The smallest absolute Gasteiger partial charge is 0.387 e. The first kappa shape index (κ1) is 17.4. The minimum absolute atomic E-state index is 0.0410. The molecule has 1 rings (SSSR count). The molecule has 6 heteroatoms. The minimum Gasteiger partial charge on any atom is -0.435 e. The molecule has 0 aliphatic heterocycles. The predicted molar refractivity (Wildman–Crippen MR) is 77.3 cm³/mol. The SMILES string of the molecule is CC(CCc1ccc(OC(F)F)cc1)NC(C)CC(N)=O. The van der Waals surface area contributed by atoms with Crippen LogP contribution in [-0.4, -0.2) is 24.6 Å². The fourth-order valence-electron chi connectivity index (χ4n) is 2.15. The highest BCUT2D eigenvalue weighted by molar-refractivity contribution is 5.74. The fraction of sp³-hybridized carbons (Fsp3) is 0.533. The maximum Gasteiger partial charge on any atom is 0.387 e. The van der Waals surface area contributed by atoms with E-state index in [9.17, 15) is 13.6 Å². The molecule has 1 aromatic carbocycles. The average molecular weight is 300 g/mol. The summed E-state index contributed by atoms with van der Waals surface area (Å²) in [5.41, 5.74) is 6.19. The van der Waals surface area contributed by atoms with Crippen molar-refractivity contribution in [2.45, 2.75) is 51.8 Å². The monoisotopic (exact) mass is 300 g/mol. The van der Waals surface area contributed by atoms with E-state index in [4.69, 9.17) is 5.73 Å². The van der Waals surface area contributed by atoms with Crippen LogP contribution in [0.15, 0.2) is 24.3 Å². The Hall–Kier alpha value is -1.69. The van der Waals surface area contributed by atoms with Crippen LogP contribution >= 0.6 is 0 Å². The van der Waals surface area contributed by atoms with Crippen molar-refractivity contribution in [3.05, 3.63) is 29.8 Å². The number of halogens is 2. The van der Waals surface area contributed by atoms with Gasteiger partial charge in [-0.3, -0.25) is 4.79 Å². The summed E-state index contributed by atoms with van der Waals surface area (Å²) in [7, 11) is 0. The molecule has 0 aliphatic carbocycles. The topological polar surface area (TPSA) is 64.3 Å². The molecule has 0 spiro atoms. The van der Waals surface area contributed by atoms with Crippen molar-refractivity contribution in [1.82, 2.24) is 5.32 Å². The second-order valence-electron chi connectivity index (χ2n) is 5.20. The maximum atomic E-state index is 12.0. The van der Waals surface area contributed by atoms with Gasteiger partial charge in [0.25, 0.3) is 0 Å². The second-order valence-corrected chi connectivity index (χ2v) is 5.20. The van der Waals surface area contributed by atoms with E-state index in [1.54, 1.807) is 12.1 Å². The van der Waals surface area contributed by atoms with Crippen molar-refractivity contribution in [1.29, 1.82) is 0 Å². The van der Waals surface area contributed by atoms with Gasteiger partial charge in [-0.25, -0.2) is 0 Å². The zero-order valence-corrected chi connectivity index (χ0v) is 12.3. The normalized spacial score (nSPS) is 14.0. The molecule has 0 aromatic heterocycles. The summed E-state index contributed by atoms with van der Waals surface area (Å²) in [6.45, 7) is 1.15. The molecule has 21 heavy (non-hydrogen) atoms. The summed E-state index contributed by atoms with van der Waals surface area (Å²) < 4.78 is 28.3. The molecule has 0 aliphatic rings. The summed E-state index contributed by atoms with van der Waals surface area (Å²) in [6, 6.07) is 6.90. The molecule has 0 saturated carbocycles. The quantitative estimate of drug-likeness (QED) is 0.736. The first-order chi connectivity index (χ1) is 9.86. The molecule has 0 saturated heterocycles. The molecule has 0 heterocycles. The fourth-order valence-corrected chi connectivity index (χ4v) is 2.15. The standard InChI is InChI=1S/C15H22F2N2O2/c1-10(19-11(2)9-14(18)20)3-4-12-5-7-13(8-6-12)21-15(16)17/h5-8,10-11,15,19H,3-4,9H2,1-2H3,(H2,18,20). The van der Waals surface area contributed by atoms with E-state index in [1.807, 2.05) is 13.8 Å². The second kappa shape index (κ2) is 8.56. The van der Waals surface area contributed by atoms with Gasteiger partial charge in [0, 0.05) is 18.5 Å². The third-order valence-electron chi connectivity index (χ3n) is 3.09. The number of primary amides is 1. The molecule has 0 bridgehead atoms. The van der Waals surface area contributed by atoms with Gasteiger partial charge in [0.1, 0.15) is 5.75 Å². The Labute approximate surface area is 123 Å². The van der Waals surface area contributed by atoms with Crippen LogP contribution in [-0.2, 0) is 11.2 Å². The summed E-state index contributed by atoms with van der Waals surface area (Å²) in [6.07, 6.45) is 1.99. The lowest BCUT2D eigenvalue weighted by Crippen LogP contribution is -2.37. The molecule has 0 radical (unpaired) electrons. The highest BCUT2D eigenvalue weighted by atomic mass is 19.3. The minimum atomic E-state index is -2.80. The molecular formula is C15H22F2N2O2. The van der Waals surface area contributed by atoms with Gasteiger partial charge in [0.15, 0.2) is 0 Å². The van der Waals surface area contributed by atoms with Crippen molar-refractivity contribution in [2.75, 3.05) is 0 Å². The Morgan fingerprint density at radius 1 is 1.24 bits per heavy atom. The number of ether oxygens (including phenoxy) is 1. The maximum absolute atomic E-state index is 12.0. The molecule has 0 fully saturated rings. The van der Waals surface area contributed by atoms with Crippen LogP contribution in [0.2, 0.25) is 0 Å². The van der Waals surface area contributed by atoms with Gasteiger partial charge < -0.3 is 15.8 Å². The number of nitrogens with two attached hydrogens (primary N) is 1. The highest BCUT2D eigenvalue weighted by Gasteiger charge is 2.10. The molecule has 1 amide bonds. The van der Waals surface area contributed by atoms with E-state index in [2.05, 4.69) is 10.1 Å². The number of carbonyl (C=O) groups is 1. The summed E-state index contributed by atoms with van der Waals surface area (Å²) in [5, 5.41) is 3.29. The Balaban J connectivity index is 2.35. The zero-order valence-electron chi connectivity index (χ0n) is 12.3. The summed E-state index contributed by atoms with van der Waals surface area (Å²) in [4.78, 5) is 10.8. The molecule has 4 nitrogen and oxygen atoms in total. The number of hydrogen-bond acceptors (Lipinski definition) is 3. The Morgan fingerprint density at radius 3 is 2.38 bits per heavy atom.